The number of aliphatic carboxylic acids is 2. The number of rotatable bonds is 13. The van der Waals surface area contributed by atoms with E-state index in [0.29, 0.717) is 6.42 Å². The van der Waals surface area contributed by atoms with Crippen LogP contribution >= 0.6 is 0 Å². The molecule has 178 valence electrons. The summed E-state index contributed by atoms with van der Waals surface area (Å²) < 4.78 is 0. The molecule has 0 heterocycles. The first-order valence-corrected chi connectivity index (χ1v) is 10.3. The van der Waals surface area contributed by atoms with Gasteiger partial charge in [-0.05, 0) is 17.8 Å². The molecule has 0 fully saturated rings. The first-order valence-electron chi connectivity index (χ1n) is 10.3. The van der Waals surface area contributed by atoms with Gasteiger partial charge >= 0.3 is 11.9 Å². The van der Waals surface area contributed by atoms with Crippen LogP contribution in [-0.2, 0) is 24.0 Å². The third kappa shape index (κ3) is 9.33. The summed E-state index contributed by atoms with van der Waals surface area (Å²) >= 11 is 0. The molecule has 5 atom stereocenters. The van der Waals surface area contributed by atoms with Crippen LogP contribution in [0.5, 0.6) is 0 Å². The highest BCUT2D eigenvalue weighted by Crippen LogP contribution is 2.10. The number of carboxylic acids is 2. The summed E-state index contributed by atoms with van der Waals surface area (Å²) in [6.45, 7) is 10.4. The third-order valence-electron chi connectivity index (χ3n) is 5.05. The summed E-state index contributed by atoms with van der Waals surface area (Å²) in [7, 11) is 0. The lowest BCUT2D eigenvalue weighted by atomic mass is 9.96. The second-order valence-corrected chi connectivity index (χ2v) is 8.37. The Balaban J connectivity index is 5.41. The first-order chi connectivity index (χ1) is 14.2. The summed E-state index contributed by atoms with van der Waals surface area (Å²) in [6.07, 6.45) is -0.123. The fraction of sp³-hybridized carbons (Fsp3) is 0.750. The van der Waals surface area contributed by atoms with E-state index < -0.39 is 66.2 Å². The molecule has 0 rings (SSSR count). The van der Waals surface area contributed by atoms with Gasteiger partial charge in [0, 0.05) is 0 Å². The Kier molecular flexibility index (Phi) is 11.8. The normalized spacial score (nSPS) is 16.0. The Labute approximate surface area is 182 Å². The Morgan fingerprint density at radius 1 is 0.774 bits per heavy atom. The number of hydrogen-bond donors (Lipinski definition) is 6. The number of nitrogens with two attached hydrogens (primary N) is 1. The quantitative estimate of drug-likeness (QED) is 0.223. The fourth-order valence-electron chi connectivity index (χ4n) is 2.71. The first kappa shape index (κ1) is 28.3. The molecule has 0 bridgehead atoms. The lowest BCUT2D eigenvalue weighted by Crippen LogP contribution is -2.60. The second kappa shape index (κ2) is 12.9. The predicted octanol–water partition coefficient (Wildman–Crippen LogP) is -0.314. The van der Waals surface area contributed by atoms with Crippen molar-refractivity contribution in [2.45, 2.75) is 78.6 Å². The van der Waals surface area contributed by atoms with Crippen LogP contribution in [0.2, 0.25) is 0 Å². The van der Waals surface area contributed by atoms with Gasteiger partial charge in [-0.3, -0.25) is 19.2 Å². The highest BCUT2D eigenvalue weighted by molar-refractivity contribution is 5.94. The number of carbonyl (C=O) groups excluding carboxylic acids is 3. The molecule has 5 unspecified atom stereocenters. The van der Waals surface area contributed by atoms with E-state index in [4.69, 9.17) is 15.9 Å². The molecule has 11 heteroatoms. The van der Waals surface area contributed by atoms with Crippen LogP contribution in [0, 0.1) is 17.8 Å². The number of carboxylic acid groups (broad SMARTS) is 2. The van der Waals surface area contributed by atoms with Crippen molar-refractivity contribution < 1.29 is 34.2 Å². The maximum Gasteiger partial charge on any atom is 0.326 e. The molecule has 11 nitrogen and oxygen atoms in total. The molecular weight excluding hydrogens is 408 g/mol. The van der Waals surface area contributed by atoms with E-state index >= 15 is 0 Å². The van der Waals surface area contributed by atoms with Crippen molar-refractivity contribution in [1.82, 2.24) is 16.0 Å². The van der Waals surface area contributed by atoms with Crippen LogP contribution < -0.4 is 21.7 Å². The lowest BCUT2D eigenvalue weighted by Gasteiger charge is -2.29. The fourth-order valence-corrected chi connectivity index (χ4v) is 2.71. The molecule has 7 N–H and O–H groups in total. The van der Waals surface area contributed by atoms with Crippen molar-refractivity contribution in [1.29, 1.82) is 0 Å². The average Bonchev–Trinajstić information content (AvgIpc) is 2.66. The van der Waals surface area contributed by atoms with Gasteiger partial charge in [0.15, 0.2) is 0 Å². The highest BCUT2D eigenvalue weighted by Gasteiger charge is 2.34. The molecular formula is C20H36N4O7. The Morgan fingerprint density at radius 2 is 1.19 bits per heavy atom. The molecule has 3 amide bonds. The summed E-state index contributed by atoms with van der Waals surface area (Å²) in [4.78, 5) is 59.9. The minimum Gasteiger partial charge on any atom is -0.481 e. The number of amides is 3. The minimum atomic E-state index is -1.64. The van der Waals surface area contributed by atoms with Gasteiger partial charge < -0.3 is 31.9 Å². The van der Waals surface area contributed by atoms with Gasteiger partial charge in [-0.1, -0.05) is 48.0 Å². The SMILES string of the molecule is CCC(C)C(N)C(=O)NC(C(=O)NC(C(=O)NC(CC(=O)O)C(=O)O)C(C)C)C(C)C. The van der Waals surface area contributed by atoms with Gasteiger partial charge in [0.25, 0.3) is 0 Å². The Hall–Kier alpha value is -2.69. The summed E-state index contributed by atoms with van der Waals surface area (Å²) in [6, 6.07) is -4.54. The predicted molar refractivity (Wildman–Crippen MR) is 113 cm³/mol. The number of carbonyl (C=O) groups is 5. The summed E-state index contributed by atoms with van der Waals surface area (Å²) in [5, 5.41) is 25.2. The van der Waals surface area contributed by atoms with Crippen LogP contribution in [-0.4, -0.2) is 64.0 Å². The molecule has 0 saturated heterocycles. The van der Waals surface area contributed by atoms with Crippen molar-refractivity contribution >= 4 is 29.7 Å². The van der Waals surface area contributed by atoms with Gasteiger partial charge in [-0.25, -0.2) is 4.79 Å². The zero-order chi connectivity index (χ0) is 24.5. The smallest absolute Gasteiger partial charge is 0.326 e. The van der Waals surface area contributed by atoms with Crippen molar-refractivity contribution in [2.24, 2.45) is 23.5 Å². The highest BCUT2D eigenvalue weighted by atomic mass is 16.4. The molecule has 31 heavy (non-hydrogen) atoms. The summed E-state index contributed by atoms with van der Waals surface area (Å²) in [5.41, 5.74) is 5.93. The lowest BCUT2D eigenvalue weighted by molar-refractivity contribution is -0.147. The van der Waals surface area contributed by atoms with Gasteiger partial charge in [-0.15, -0.1) is 0 Å². The van der Waals surface area contributed by atoms with E-state index in [1.807, 2.05) is 13.8 Å². The van der Waals surface area contributed by atoms with E-state index in [9.17, 15) is 24.0 Å². The Bertz CT molecular complexity index is 666. The van der Waals surface area contributed by atoms with Crippen molar-refractivity contribution in [2.75, 3.05) is 0 Å². The molecule has 0 aromatic heterocycles. The molecule has 0 radical (unpaired) electrons. The number of hydrogen-bond acceptors (Lipinski definition) is 6. The van der Waals surface area contributed by atoms with Crippen LogP contribution in [0.3, 0.4) is 0 Å². The molecule has 0 aliphatic rings. The van der Waals surface area contributed by atoms with Crippen LogP contribution in [0.4, 0.5) is 0 Å². The van der Waals surface area contributed by atoms with Crippen molar-refractivity contribution in [3.63, 3.8) is 0 Å². The van der Waals surface area contributed by atoms with Crippen LogP contribution in [0.15, 0.2) is 0 Å². The molecule has 0 saturated carbocycles. The molecule has 0 aromatic carbocycles. The monoisotopic (exact) mass is 444 g/mol. The molecule has 0 spiro atoms. The second-order valence-electron chi connectivity index (χ2n) is 8.37. The molecule has 0 aliphatic heterocycles. The summed E-state index contributed by atoms with van der Waals surface area (Å²) in [5.74, 6) is -5.68. The van der Waals surface area contributed by atoms with Crippen molar-refractivity contribution in [3.05, 3.63) is 0 Å². The van der Waals surface area contributed by atoms with Crippen molar-refractivity contribution in [3.8, 4) is 0 Å². The largest absolute Gasteiger partial charge is 0.481 e. The third-order valence-corrected chi connectivity index (χ3v) is 5.05. The Morgan fingerprint density at radius 3 is 1.55 bits per heavy atom. The van der Waals surface area contributed by atoms with E-state index in [0.717, 1.165) is 0 Å². The van der Waals surface area contributed by atoms with Gasteiger partial charge in [0.1, 0.15) is 18.1 Å². The van der Waals surface area contributed by atoms with E-state index in [2.05, 4.69) is 16.0 Å². The zero-order valence-corrected chi connectivity index (χ0v) is 19.0. The molecule has 0 aromatic rings. The van der Waals surface area contributed by atoms with Gasteiger partial charge in [0.2, 0.25) is 17.7 Å². The van der Waals surface area contributed by atoms with E-state index in [1.165, 1.54) is 0 Å². The maximum absolute atomic E-state index is 12.8. The van der Waals surface area contributed by atoms with Crippen LogP contribution in [0.25, 0.3) is 0 Å². The van der Waals surface area contributed by atoms with Crippen LogP contribution in [0.1, 0.15) is 54.4 Å². The average molecular weight is 445 g/mol. The molecule has 0 aliphatic carbocycles. The standard InChI is InChI=1S/C20H36N4O7/c1-7-11(6)14(21)17(27)23-16(10(4)5)19(29)24-15(9(2)3)18(28)22-12(20(30)31)8-13(25)26/h9-12,14-16H,7-8,21H2,1-6H3,(H,22,28)(H,23,27)(H,24,29)(H,25,26)(H,30,31). The zero-order valence-electron chi connectivity index (χ0n) is 19.0. The topological polar surface area (TPSA) is 188 Å². The maximum atomic E-state index is 12.8. The van der Waals surface area contributed by atoms with E-state index in [-0.39, 0.29) is 11.8 Å². The minimum absolute atomic E-state index is 0.0905. The van der Waals surface area contributed by atoms with Gasteiger partial charge in [0.05, 0.1) is 12.5 Å². The van der Waals surface area contributed by atoms with E-state index in [1.54, 1.807) is 27.7 Å². The van der Waals surface area contributed by atoms with Gasteiger partial charge in [-0.2, -0.15) is 0 Å². The number of nitrogens with one attached hydrogen (secondary N) is 3.